The highest BCUT2D eigenvalue weighted by Crippen LogP contribution is 2.31. The van der Waals surface area contributed by atoms with Crippen molar-refractivity contribution in [1.82, 2.24) is 5.32 Å². The van der Waals surface area contributed by atoms with E-state index in [9.17, 15) is 4.79 Å². The summed E-state index contributed by atoms with van der Waals surface area (Å²) in [6.45, 7) is 6.96. The highest BCUT2D eigenvalue weighted by Gasteiger charge is 2.25. The van der Waals surface area contributed by atoms with Crippen LogP contribution in [0.5, 0.6) is 0 Å². The first-order valence-electron chi connectivity index (χ1n) is 10.8. The van der Waals surface area contributed by atoms with Crippen molar-refractivity contribution in [2.45, 2.75) is 45.6 Å². The van der Waals surface area contributed by atoms with E-state index in [2.05, 4.69) is 46.7 Å². The van der Waals surface area contributed by atoms with Gasteiger partial charge in [-0.2, -0.15) is 0 Å². The van der Waals surface area contributed by atoms with Crippen molar-refractivity contribution >= 4 is 40.3 Å². The Hall–Kier alpha value is -2.60. The van der Waals surface area contributed by atoms with Crippen molar-refractivity contribution in [2.75, 3.05) is 34.8 Å². The lowest BCUT2D eigenvalue weighted by molar-refractivity contribution is -0.117. The van der Waals surface area contributed by atoms with Crippen LogP contribution in [0, 0.1) is 6.92 Å². The Bertz CT molecular complexity index is 945. The molecule has 2 N–H and O–H groups in total. The second-order valence-electron chi connectivity index (χ2n) is 8.26. The summed E-state index contributed by atoms with van der Waals surface area (Å²) < 4.78 is 0. The molecule has 30 heavy (non-hydrogen) atoms. The van der Waals surface area contributed by atoms with Gasteiger partial charge in [0.25, 0.3) is 0 Å². The van der Waals surface area contributed by atoms with E-state index in [0.29, 0.717) is 17.6 Å². The maximum atomic E-state index is 12.1. The highest BCUT2D eigenvalue weighted by atomic mass is 32.1. The van der Waals surface area contributed by atoms with Crippen LogP contribution in [0.4, 0.5) is 17.1 Å². The lowest BCUT2D eigenvalue weighted by atomic mass is 10.1. The average Bonchev–Trinajstić information content (AvgIpc) is 3.29. The summed E-state index contributed by atoms with van der Waals surface area (Å²) in [6.07, 6.45) is 3.70. The first kappa shape index (κ1) is 20.7. The Morgan fingerprint density at radius 2 is 2.03 bits per heavy atom. The van der Waals surface area contributed by atoms with Gasteiger partial charge in [-0.05, 0) is 74.7 Å². The minimum Gasteiger partial charge on any atom is -0.368 e. The Morgan fingerprint density at radius 1 is 1.20 bits per heavy atom. The molecule has 2 heterocycles. The van der Waals surface area contributed by atoms with Gasteiger partial charge in [0.1, 0.15) is 0 Å². The monoisotopic (exact) mass is 422 g/mol. The summed E-state index contributed by atoms with van der Waals surface area (Å²) in [5.74, 6) is 0.202. The fraction of sp³-hybridized carbons (Fsp3) is 0.417. The van der Waals surface area contributed by atoms with Crippen molar-refractivity contribution < 1.29 is 4.79 Å². The molecule has 1 fully saturated rings. The SMILES string of the molecule is Cc1ccc(NC(=S)NCCCN2c3ccccc3C[C@@H]2C)cc1N1CCCC1=O. The molecule has 2 aromatic rings. The summed E-state index contributed by atoms with van der Waals surface area (Å²) in [4.78, 5) is 16.5. The van der Waals surface area contributed by atoms with E-state index < -0.39 is 0 Å². The summed E-state index contributed by atoms with van der Waals surface area (Å²) in [5.41, 5.74) is 5.81. The van der Waals surface area contributed by atoms with Gasteiger partial charge in [-0.25, -0.2) is 0 Å². The third-order valence-electron chi connectivity index (χ3n) is 6.04. The molecule has 6 heteroatoms. The standard InChI is InChI=1S/C24H30N4OS/c1-17-10-11-20(16-22(17)28-13-5-9-23(28)29)26-24(30)25-12-6-14-27-18(2)15-19-7-3-4-8-21(19)27/h3-4,7-8,10-11,16,18H,5-6,9,12-15H2,1-2H3,(H2,25,26,30)/t18-/m0/s1. The zero-order valence-electron chi connectivity index (χ0n) is 17.8. The molecule has 0 aliphatic carbocycles. The zero-order valence-corrected chi connectivity index (χ0v) is 18.6. The van der Waals surface area contributed by atoms with Crippen molar-refractivity contribution in [1.29, 1.82) is 0 Å². The van der Waals surface area contributed by atoms with Gasteiger partial charge in [0.05, 0.1) is 0 Å². The minimum absolute atomic E-state index is 0.202. The lowest BCUT2D eigenvalue weighted by Crippen LogP contribution is -2.34. The first-order chi connectivity index (χ1) is 14.5. The van der Waals surface area contributed by atoms with Gasteiger partial charge in [0, 0.05) is 49.2 Å². The Balaban J connectivity index is 1.27. The van der Waals surface area contributed by atoms with Gasteiger partial charge in [-0.1, -0.05) is 24.3 Å². The number of carbonyl (C=O) groups is 1. The summed E-state index contributed by atoms with van der Waals surface area (Å²) in [7, 11) is 0. The number of hydrogen-bond donors (Lipinski definition) is 2. The quantitative estimate of drug-likeness (QED) is 0.538. The van der Waals surface area contributed by atoms with Crippen LogP contribution >= 0.6 is 12.2 Å². The average molecular weight is 423 g/mol. The number of nitrogens with one attached hydrogen (secondary N) is 2. The molecule has 0 radical (unpaired) electrons. The van der Waals surface area contributed by atoms with Crippen LogP contribution in [0.15, 0.2) is 42.5 Å². The van der Waals surface area contributed by atoms with E-state index in [4.69, 9.17) is 12.2 Å². The number of rotatable bonds is 6. The van der Waals surface area contributed by atoms with Crippen molar-refractivity contribution in [2.24, 2.45) is 0 Å². The van der Waals surface area contributed by atoms with Crippen LogP contribution in [0.1, 0.15) is 37.3 Å². The molecule has 2 aliphatic heterocycles. The summed E-state index contributed by atoms with van der Waals surface area (Å²) in [5, 5.41) is 7.21. The molecule has 4 rings (SSSR count). The topological polar surface area (TPSA) is 47.6 Å². The largest absolute Gasteiger partial charge is 0.368 e. The molecule has 0 spiro atoms. The second kappa shape index (κ2) is 9.04. The fourth-order valence-electron chi connectivity index (χ4n) is 4.48. The molecule has 1 saturated heterocycles. The minimum atomic E-state index is 0.202. The van der Waals surface area contributed by atoms with Crippen LogP contribution in [0.3, 0.4) is 0 Å². The van der Waals surface area contributed by atoms with Crippen LogP contribution in [0.25, 0.3) is 0 Å². The van der Waals surface area contributed by atoms with Gasteiger partial charge in [0.15, 0.2) is 5.11 Å². The molecule has 0 unspecified atom stereocenters. The summed E-state index contributed by atoms with van der Waals surface area (Å²) in [6, 6.07) is 15.3. The van der Waals surface area contributed by atoms with Crippen LogP contribution in [0.2, 0.25) is 0 Å². The van der Waals surface area contributed by atoms with E-state index in [1.54, 1.807) is 0 Å². The highest BCUT2D eigenvalue weighted by molar-refractivity contribution is 7.80. The summed E-state index contributed by atoms with van der Waals surface area (Å²) >= 11 is 5.49. The number of thiocarbonyl (C=S) groups is 1. The number of fused-ring (bicyclic) bond motifs is 1. The first-order valence-corrected chi connectivity index (χ1v) is 11.2. The van der Waals surface area contributed by atoms with Crippen LogP contribution in [-0.4, -0.2) is 36.7 Å². The predicted molar refractivity (Wildman–Crippen MR) is 129 cm³/mol. The smallest absolute Gasteiger partial charge is 0.227 e. The number of hydrogen-bond acceptors (Lipinski definition) is 3. The van der Waals surface area contributed by atoms with Gasteiger partial charge in [0.2, 0.25) is 5.91 Å². The molecular weight excluding hydrogens is 392 g/mol. The van der Waals surface area contributed by atoms with E-state index in [1.807, 2.05) is 30.0 Å². The van der Waals surface area contributed by atoms with Crippen molar-refractivity contribution in [3.63, 3.8) is 0 Å². The Morgan fingerprint density at radius 3 is 2.83 bits per heavy atom. The third kappa shape index (κ3) is 4.43. The maximum absolute atomic E-state index is 12.1. The molecule has 0 aromatic heterocycles. The number of carbonyl (C=O) groups excluding carboxylic acids is 1. The molecule has 2 aromatic carbocycles. The maximum Gasteiger partial charge on any atom is 0.227 e. The lowest BCUT2D eigenvalue weighted by Gasteiger charge is -2.25. The van der Waals surface area contributed by atoms with Gasteiger partial charge in [-0.3, -0.25) is 4.79 Å². The van der Waals surface area contributed by atoms with Crippen molar-refractivity contribution in [3.05, 3.63) is 53.6 Å². The van der Waals surface area contributed by atoms with Crippen LogP contribution in [-0.2, 0) is 11.2 Å². The number of anilines is 3. The molecule has 1 atom stereocenters. The normalized spacial score (nSPS) is 17.9. The van der Waals surface area contributed by atoms with E-state index in [0.717, 1.165) is 55.8 Å². The van der Waals surface area contributed by atoms with Crippen LogP contribution < -0.4 is 20.4 Å². The number of para-hydroxylation sites is 1. The molecular formula is C24H30N4OS. The molecule has 0 saturated carbocycles. The second-order valence-corrected chi connectivity index (χ2v) is 8.67. The molecule has 0 bridgehead atoms. The predicted octanol–water partition coefficient (Wildman–Crippen LogP) is 4.25. The number of benzene rings is 2. The van der Waals surface area contributed by atoms with Crippen molar-refractivity contribution in [3.8, 4) is 0 Å². The molecule has 158 valence electrons. The Labute approximate surface area is 184 Å². The zero-order chi connectivity index (χ0) is 21.1. The molecule has 5 nitrogen and oxygen atoms in total. The third-order valence-corrected chi connectivity index (χ3v) is 6.29. The molecule has 2 aliphatic rings. The fourth-order valence-corrected chi connectivity index (χ4v) is 4.70. The Kier molecular flexibility index (Phi) is 6.23. The van der Waals surface area contributed by atoms with E-state index >= 15 is 0 Å². The number of nitrogens with zero attached hydrogens (tertiary/aromatic N) is 2. The van der Waals surface area contributed by atoms with E-state index in [1.165, 1.54) is 11.3 Å². The van der Waals surface area contributed by atoms with Gasteiger partial charge >= 0.3 is 0 Å². The molecule has 1 amide bonds. The number of amides is 1. The van der Waals surface area contributed by atoms with Gasteiger partial charge in [-0.15, -0.1) is 0 Å². The van der Waals surface area contributed by atoms with E-state index in [-0.39, 0.29) is 5.91 Å². The number of aryl methyl sites for hydroxylation is 1. The van der Waals surface area contributed by atoms with Gasteiger partial charge < -0.3 is 20.4 Å².